The summed E-state index contributed by atoms with van der Waals surface area (Å²) in [6.45, 7) is 0.0819. The molecule has 1 aromatic carbocycles. The lowest BCUT2D eigenvalue weighted by Gasteiger charge is -2.09. The summed E-state index contributed by atoms with van der Waals surface area (Å²) >= 11 is 5.90. The predicted octanol–water partition coefficient (Wildman–Crippen LogP) is 1.97. The SMILES string of the molecule is NCC(O)c1cc(-c2ccc(Cl)cc2)nn1-c1ncccn1. The predicted molar refractivity (Wildman–Crippen MR) is 83.6 cm³/mol. The third kappa shape index (κ3) is 2.85. The molecule has 112 valence electrons. The average Bonchev–Trinajstić information content (AvgIpc) is 3.01. The third-order valence-corrected chi connectivity index (χ3v) is 3.44. The molecule has 2 heterocycles. The van der Waals surface area contributed by atoms with Crippen LogP contribution in [0.25, 0.3) is 17.2 Å². The first-order valence-corrected chi connectivity index (χ1v) is 7.08. The number of aliphatic hydroxyl groups excluding tert-OH is 1. The van der Waals surface area contributed by atoms with Crippen molar-refractivity contribution in [2.24, 2.45) is 5.73 Å². The maximum atomic E-state index is 10.1. The van der Waals surface area contributed by atoms with E-state index in [9.17, 15) is 5.11 Å². The van der Waals surface area contributed by atoms with Gasteiger partial charge in [-0.05, 0) is 24.3 Å². The zero-order chi connectivity index (χ0) is 15.5. The molecule has 3 N–H and O–H groups in total. The van der Waals surface area contributed by atoms with Crippen molar-refractivity contribution in [3.8, 4) is 17.2 Å². The maximum absolute atomic E-state index is 10.1. The summed E-state index contributed by atoms with van der Waals surface area (Å²) in [7, 11) is 0. The van der Waals surface area contributed by atoms with Crippen molar-refractivity contribution in [2.75, 3.05) is 6.54 Å². The Balaban J connectivity index is 2.10. The van der Waals surface area contributed by atoms with Crippen molar-refractivity contribution < 1.29 is 5.11 Å². The van der Waals surface area contributed by atoms with E-state index in [2.05, 4.69) is 15.1 Å². The van der Waals surface area contributed by atoms with E-state index in [1.165, 1.54) is 4.68 Å². The zero-order valence-electron chi connectivity index (χ0n) is 11.6. The Morgan fingerprint density at radius 1 is 1.18 bits per heavy atom. The van der Waals surface area contributed by atoms with Crippen LogP contribution in [0.3, 0.4) is 0 Å². The van der Waals surface area contributed by atoms with Crippen molar-refractivity contribution in [1.29, 1.82) is 0 Å². The molecule has 7 heteroatoms. The Morgan fingerprint density at radius 3 is 2.50 bits per heavy atom. The quantitative estimate of drug-likeness (QED) is 0.768. The van der Waals surface area contributed by atoms with Crippen LogP contribution in [-0.4, -0.2) is 31.4 Å². The Morgan fingerprint density at radius 2 is 1.86 bits per heavy atom. The van der Waals surface area contributed by atoms with Gasteiger partial charge in [-0.2, -0.15) is 9.78 Å². The van der Waals surface area contributed by atoms with Gasteiger partial charge < -0.3 is 10.8 Å². The lowest BCUT2D eigenvalue weighted by atomic mass is 10.1. The van der Waals surface area contributed by atoms with Crippen LogP contribution in [0.4, 0.5) is 0 Å². The van der Waals surface area contributed by atoms with Crippen LogP contribution >= 0.6 is 11.6 Å². The molecule has 22 heavy (non-hydrogen) atoms. The molecule has 1 atom stereocenters. The molecule has 0 aliphatic heterocycles. The van der Waals surface area contributed by atoms with Gasteiger partial charge in [0.15, 0.2) is 0 Å². The Hall–Kier alpha value is -2.28. The number of nitrogens with zero attached hydrogens (tertiary/aromatic N) is 4. The summed E-state index contributed by atoms with van der Waals surface area (Å²) < 4.78 is 1.50. The molecule has 0 saturated carbocycles. The highest BCUT2D eigenvalue weighted by Crippen LogP contribution is 2.25. The van der Waals surface area contributed by atoms with Crippen molar-refractivity contribution in [2.45, 2.75) is 6.10 Å². The second-order valence-electron chi connectivity index (χ2n) is 4.67. The van der Waals surface area contributed by atoms with Crippen LogP contribution in [0.1, 0.15) is 11.8 Å². The van der Waals surface area contributed by atoms with Crippen LogP contribution in [0.15, 0.2) is 48.8 Å². The van der Waals surface area contributed by atoms with Gasteiger partial charge in [-0.15, -0.1) is 0 Å². The minimum Gasteiger partial charge on any atom is -0.385 e. The summed E-state index contributed by atoms with van der Waals surface area (Å²) in [5.41, 5.74) is 7.68. The Bertz CT molecular complexity index is 757. The summed E-state index contributed by atoms with van der Waals surface area (Å²) in [4.78, 5) is 8.33. The summed E-state index contributed by atoms with van der Waals surface area (Å²) in [5.74, 6) is 0.380. The van der Waals surface area contributed by atoms with E-state index in [1.54, 1.807) is 36.7 Å². The Kier molecular flexibility index (Phi) is 4.15. The van der Waals surface area contributed by atoms with Crippen LogP contribution in [0.2, 0.25) is 5.02 Å². The van der Waals surface area contributed by atoms with Crippen LogP contribution < -0.4 is 5.73 Å². The summed E-state index contributed by atoms with van der Waals surface area (Å²) in [6.07, 6.45) is 2.38. The van der Waals surface area contributed by atoms with E-state index in [0.29, 0.717) is 22.4 Å². The second kappa shape index (κ2) is 6.23. The molecule has 0 bridgehead atoms. The van der Waals surface area contributed by atoms with Gasteiger partial charge in [-0.3, -0.25) is 0 Å². The highest BCUT2D eigenvalue weighted by molar-refractivity contribution is 6.30. The number of benzene rings is 1. The van der Waals surface area contributed by atoms with E-state index >= 15 is 0 Å². The Labute approximate surface area is 132 Å². The zero-order valence-corrected chi connectivity index (χ0v) is 12.4. The number of nitrogens with two attached hydrogens (primary N) is 1. The smallest absolute Gasteiger partial charge is 0.250 e. The lowest BCUT2D eigenvalue weighted by Crippen LogP contribution is -2.16. The van der Waals surface area contributed by atoms with E-state index in [0.717, 1.165) is 5.56 Å². The number of aromatic nitrogens is 4. The van der Waals surface area contributed by atoms with Gasteiger partial charge in [-0.25, -0.2) is 9.97 Å². The van der Waals surface area contributed by atoms with E-state index in [-0.39, 0.29) is 6.54 Å². The van der Waals surface area contributed by atoms with Crippen LogP contribution in [0.5, 0.6) is 0 Å². The van der Waals surface area contributed by atoms with Gasteiger partial charge in [-0.1, -0.05) is 23.7 Å². The third-order valence-electron chi connectivity index (χ3n) is 3.18. The van der Waals surface area contributed by atoms with Crippen molar-refractivity contribution in [1.82, 2.24) is 19.7 Å². The summed E-state index contributed by atoms with van der Waals surface area (Å²) in [5, 5.41) is 15.2. The second-order valence-corrected chi connectivity index (χ2v) is 5.11. The minimum atomic E-state index is -0.850. The van der Waals surface area contributed by atoms with Gasteiger partial charge in [0.1, 0.15) is 6.10 Å². The van der Waals surface area contributed by atoms with Crippen LogP contribution in [0, 0.1) is 0 Å². The highest BCUT2D eigenvalue weighted by Gasteiger charge is 2.18. The molecule has 0 aliphatic rings. The van der Waals surface area contributed by atoms with Gasteiger partial charge in [0.2, 0.25) is 0 Å². The molecule has 3 rings (SSSR count). The number of hydrogen-bond acceptors (Lipinski definition) is 5. The molecule has 0 aliphatic carbocycles. The van der Waals surface area contributed by atoms with Crippen LogP contribution in [-0.2, 0) is 0 Å². The van der Waals surface area contributed by atoms with E-state index in [4.69, 9.17) is 17.3 Å². The molecular formula is C15H14ClN5O. The summed E-state index contributed by atoms with van der Waals surface area (Å²) in [6, 6.07) is 10.8. The highest BCUT2D eigenvalue weighted by atomic mass is 35.5. The first-order valence-electron chi connectivity index (χ1n) is 6.70. The number of aliphatic hydroxyl groups is 1. The largest absolute Gasteiger partial charge is 0.385 e. The fourth-order valence-electron chi connectivity index (χ4n) is 2.08. The van der Waals surface area contributed by atoms with Gasteiger partial charge in [0, 0.05) is 29.5 Å². The monoisotopic (exact) mass is 315 g/mol. The standard InChI is InChI=1S/C15H14ClN5O/c16-11-4-2-10(3-5-11)12-8-13(14(22)9-17)21(20-12)15-18-6-1-7-19-15/h1-8,14,22H,9,17H2. The molecule has 0 radical (unpaired) electrons. The van der Waals surface area contributed by atoms with Gasteiger partial charge in [0.25, 0.3) is 5.95 Å². The minimum absolute atomic E-state index is 0.0819. The molecule has 0 amide bonds. The molecule has 0 saturated heterocycles. The van der Waals surface area contributed by atoms with Crippen molar-refractivity contribution >= 4 is 11.6 Å². The molecule has 6 nitrogen and oxygen atoms in total. The number of hydrogen-bond donors (Lipinski definition) is 2. The lowest BCUT2D eigenvalue weighted by molar-refractivity contribution is 0.178. The van der Waals surface area contributed by atoms with Crippen molar-refractivity contribution in [3.05, 3.63) is 59.5 Å². The van der Waals surface area contributed by atoms with E-state index in [1.807, 2.05) is 12.1 Å². The average molecular weight is 316 g/mol. The molecule has 0 fully saturated rings. The number of halogens is 1. The van der Waals surface area contributed by atoms with Gasteiger partial charge >= 0.3 is 0 Å². The maximum Gasteiger partial charge on any atom is 0.250 e. The molecular weight excluding hydrogens is 302 g/mol. The van der Waals surface area contributed by atoms with Gasteiger partial charge in [0.05, 0.1) is 11.4 Å². The number of rotatable bonds is 4. The molecule has 1 unspecified atom stereocenters. The first-order chi connectivity index (χ1) is 10.7. The fraction of sp³-hybridized carbons (Fsp3) is 0.133. The molecule has 3 aromatic rings. The normalized spacial score (nSPS) is 12.3. The molecule has 2 aromatic heterocycles. The van der Waals surface area contributed by atoms with E-state index < -0.39 is 6.10 Å². The topological polar surface area (TPSA) is 89.8 Å². The first kappa shape index (κ1) is 14.6. The van der Waals surface area contributed by atoms with Crippen molar-refractivity contribution in [3.63, 3.8) is 0 Å². The fourth-order valence-corrected chi connectivity index (χ4v) is 2.20. The molecule has 0 spiro atoms.